The van der Waals surface area contributed by atoms with Crippen LogP contribution in [0.4, 0.5) is 0 Å². The summed E-state index contributed by atoms with van der Waals surface area (Å²) in [5.41, 5.74) is 12.9. The number of allylic oxidation sites excluding steroid dienone is 2. The molecule has 0 radical (unpaired) electrons. The molecule has 0 heterocycles. The van der Waals surface area contributed by atoms with Gasteiger partial charge >= 0.3 is 0 Å². The van der Waals surface area contributed by atoms with Crippen molar-refractivity contribution in [2.24, 2.45) is 11.5 Å². The van der Waals surface area contributed by atoms with E-state index in [-0.39, 0.29) is 17.9 Å². The minimum absolute atomic E-state index is 0.0959. The van der Waals surface area contributed by atoms with E-state index in [1.165, 1.54) is 12.3 Å². The number of hydrogen-bond acceptors (Lipinski definition) is 6. The lowest BCUT2D eigenvalue weighted by Gasteiger charge is -2.22. The van der Waals surface area contributed by atoms with Crippen LogP contribution in [-0.2, 0) is 11.3 Å². The first-order valence-corrected chi connectivity index (χ1v) is 8.04. The van der Waals surface area contributed by atoms with Crippen LogP contribution in [-0.4, -0.2) is 24.1 Å². The van der Waals surface area contributed by atoms with Crippen LogP contribution < -0.4 is 16.8 Å². The van der Waals surface area contributed by atoms with Gasteiger partial charge in [-0.25, -0.2) is 0 Å². The average Bonchev–Trinajstić information content (AvgIpc) is 3.02. The van der Waals surface area contributed by atoms with Gasteiger partial charge in [-0.1, -0.05) is 30.3 Å². The highest BCUT2D eigenvalue weighted by molar-refractivity contribution is 6.19. The van der Waals surface area contributed by atoms with Gasteiger partial charge in [0.25, 0.3) is 0 Å². The lowest BCUT2D eigenvalue weighted by atomic mass is 10.1. The van der Waals surface area contributed by atoms with E-state index >= 15 is 0 Å². The van der Waals surface area contributed by atoms with Gasteiger partial charge in [0.2, 0.25) is 0 Å². The largest absolute Gasteiger partial charge is 0.404 e. The number of benzene rings is 1. The van der Waals surface area contributed by atoms with E-state index in [2.05, 4.69) is 5.32 Å². The van der Waals surface area contributed by atoms with E-state index in [0.29, 0.717) is 18.0 Å². The molecule has 0 spiro atoms. The molecule has 0 saturated heterocycles. The van der Waals surface area contributed by atoms with Crippen LogP contribution in [0.3, 0.4) is 0 Å². The van der Waals surface area contributed by atoms with Gasteiger partial charge in [-0.15, -0.1) is 0 Å². The topological polar surface area (TPSA) is 121 Å². The molecule has 1 aliphatic carbocycles. The molecule has 0 unspecified atom stereocenters. The Morgan fingerprint density at radius 3 is 2.71 bits per heavy atom. The zero-order valence-electron chi connectivity index (χ0n) is 13.7. The highest BCUT2D eigenvalue weighted by atomic mass is 16.5. The summed E-state index contributed by atoms with van der Waals surface area (Å²) >= 11 is 0. The second-order valence-corrected chi connectivity index (χ2v) is 5.80. The molecule has 1 saturated carbocycles. The van der Waals surface area contributed by atoms with E-state index in [9.17, 15) is 0 Å². The number of nitrogens with one attached hydrogen (secondary N) is 3. The minimum Gasteiger partial charge on any atom is -0.404 e. The predicted octanol–water partition coefficient (Wildman–Crippen LogP) is 2.03. The maximum absolute atomic E-state index is 7.87. The second-order valence-electron chi connectivity index (χ2n) is 5.80. The van der Waals surface area contributed by atoms with E-state index in [1.807, 2.05) is 30.3 Å². The van der Waals surface area contributed by atoms with Crippen molar-refractivity contribution in [2.45, 2.75) is 38.0 Å². The highest BCUT2D eigenvalue weighted by Gasteiger charge is 2.28. The van der Waals surface area contributed by atoms with Crippen molar-refractivity contribution in [3.8, 4) is 0 Å². The second kappa shape index (κ2) is 8.88. The lowest BCUT2D eigenvalue weighted by molar-refractivity contribution is 0.0299. The van der Waals surface area contributed by atoms with Gasteiger partial charge in [0.05, 0.1) is 30.3 Å². The molecule has 1 aromatic carbocycles. The average molecular weight is 327 g/mol. The Labute approximate surface area is 142 Å². The Balaban J connectivity index is 1.90. The molecule has 0 aliphatic heterocycles. The third-order valence-corrected chi connectivity index (χ3v) is 4.06. The molecule has 24 heavy (non-hydrogen) atoms. The summed E-state index contributed by atoms with van der Waals surface area (Å²) in [6.45, 7) is 0.580. The minimum atomic E-state index is 0.0959. The van der Waals surface area contributed by atoms with Gasteiger partial charge in [-0.05, 0) is 24.8 Å². The quantitative estimate of drug-likeness (QED) is 0.469. The van der Waals surface area contributed by atoms with E-state index in [1.54, 1.807) is 0 Å². The molecular formula is C18H25N5O. The number of nitrogens with two attached hydrogens (primary N) is 2. The third-order valence-electron chi connectivity index (χ3n) is 4.06. The summed E-state index contributed by atoms with van der Waals surface area (Å²) in [6, 6.07) is 10.2. The highest BCUT2D eigenvalue weighted by Crippen LogP contribution is 2.23. The van der Waals surface area contributed by atoms with Crippen LogP contribution in [0.15, 0.2) is 54.0 Å². The molecular weight excluding hydrogens is 302 g/mol. The molecule has 1 aromatic rings. The van der Waals surface area contributed by atoms with Crippen LogP contribution in [0.5, 0.6) is 0 Å². The lowest BCUT2D eigenvalue weighted by Crippen LogP contribution is -2.39. The van der Waals surface area contributed by atoms with Gasteiger partial charge < -0.3 is 32.3 Å². The first-order valence-electron chi connectivity index (χ1n) is 8.04. The summed E-state index contributed by atoms with van der Waals surface area (Å²) in [7, 11) is 0. The summed E-state index contributed by atoms with van der Waals surface area (Å²) in [5, 5.41) is 18.3. The summed E-state index contributed by atoms with van der Waals surface area (Å²) in [6.07, 6.45) is 6.88. The standard InChI is InChI=1S/C18H25N5O/c19-10-14(11-20)15(21)9-18(22)23-16-7-4-8-17(16)24-12-13-5-2-1-3-6-13/h1-3,5-6,9-11,16-17,19,21,23H,4,7-8,12,20,22H2/b14-11+,18-9+,19-10?,21-15?/t16-,17-/m1/s1. The molecule has 0 bridgehead atoms. The first-order chi connectivity index (χ1) is 11.6. The first kappa shape index (κ1) is 17.7. The monoisotopic (exact) mass is 327 g/mol. The van der Waals surface area contributed by atoms with E-state index in [4.69, 9.17) is 27.0 Å². The van der Waals surface area contributed by atoms with Crippen LogP contribution >= 0.6 is 0 Å². The fourth-order valence-electron chi connectivity index (χ4n) is 2.78. The summed E-state index contributed by atoms with van der Waals surface area (Å²) < 4.78 is 6.03. The van der Waals surface area contributed by atoms with Crippen molar-refractivity contribution in [3.63, 3.8) is 0 Å². The van der Waals surface area contributed by atoms with Crippen molar-refractivity contribution >= 4 is 11.9 Å². The molecule has 6 nitrogen and oxygen atoms in total. The van der Waals surface area contributed by atoms with Crippen molar-refractivity contribution in [1.82, 2.24) is 5.32 Å². The normalized spacial score (nSPS) is 21.5. The number of hydrogen-bond donors (Lipinski definition) is 5. The Kier molecular flexibility index (Phi) is 6.57. The van der Waals surface area contributed by atoms with Gasteiger partial charge in [-0.3, -0.25) is 0 Å². The molecule has 0 aromatic heterocycles. The van der Waals surface area contributed by atoms with Crippen LogP contribution in [0.2, 0.25) is 0 Å². The molecule has 128 valence electrons. The Morgan fingerprint density at radius 2 is 2.04 bits per heavy atom. The molecule has 2 rings (SSSR count). The smallest absolute Gasteiger partial charge is 0.0984 e. The van der Waals surface area contributed by atoms with Crippen molar-refractivity contribution in [3.05, 3.63) is 59.6 Å². The molecule has 0 amide bonds. The zero-order chi connectivity index (χ0) is 17.4. The van der Waals surface area contributed by atoms with Crippen molar-refractivity contribution in [1.29, 1.82) is 10.8 Å². The SMILES string of the molecule is N=C/C(=C\N)C(=N)/C=C(\N)N[C@@H]1CCC[C@H]1OCc1ccccc1. The third kappa shape index (κ3) is 4.96. The zero-order valence-corrected chi connectivity index (χ0v) is 13.7. The van der Waals surface area contributed by atoms with E-state index in [0.717, 1.165) is 31.0 Å². The van der Waals surface area contributed by atoms with Crippen LogP contribution in [0.1, 0.15) is 24.8 Å². The predicted molar refractivity (Wildman–Crippen MR) is 96.8 cm³/mol. The molecule has 2 atom stereocenters. The maximum Gasteiger partial charge on any atom is 0.0984 e. The molecule has 1 aliphatic rings. The van der Waals surface area contributed by atoms with Crippen molar-refractivity contribution in [2.75, 3.05) is 0 Å². The molecule has 6 heteroatoms. The van der Waals surface area contributed by atoms with Crippen molar-refractivity contribution < 1.29 is 4.74 Å². The Bertz CT molecular complexity index is 624. The van der Waals surface area contributed by atoms with E-state index < -0.39 is 0 Å². The van der Waals surface area contributed by atoms with Gasteiger partial charge in [0.1, 0.15) is 0 Å². The maximum atomic E-state index is 7.87. The Hall–Kier alpha value is -2.60. The Morgan fingerprint density at radius 1 is 1.29 bits per heavy atom. The molecule has 7 N–H and O–H groups in total. The van der Waals surface area contributed by atoms with Gasteiger partial charge in [0.15, 0.2) is 0 Å². The van der Waals surface area contributed by atoms with Gasteiger partial charge in [-0.2, -0.15) is 0 Å². The summed E-state index contributed by atoms with van der Waals surface area (Å²) in [4.78, 5) is 0. The summed E-state index contributed by atoms with van der Waals surface area (Å²) in [5.74, 6) is 0.390. The fraction of sp³-hybridized carbons (Fsp3) is 0.333. The van der Waals surface area contributed by atoms with Gasteiger partial charge in [0, 0.05) is 24.1 Å². The fourth-order valence-corrected chi connectivity index (χ4v) is 2.78. The molecule has 1 fully saturated rings. The number of ether oxygens (including phenoxy) is 1. The van der Waals surface area contributed by atoms with Crippen LogP contribution in [0, 0.1) is 10.8 Å². The number of rotatable bonds is 8. The van der Waals surface area contributed by atoms with Crippen LogP contribution in [0.25, 0.3) is 0 Å².